The summed E-state index contributed by atoms with van der Waals surface area (Å²) in [5.41, 5.74) is 1.05. The Balaban J connectivity index is 1.65. The first kappa shape index (κ1) is 19.2. The van der Waals surface area contributed by atoms with Crippen LogP contribution in [0.1, 0.15) is 31.2 Å². The fourth-order valence-electron chi connectivity index (χ4n) is 2.50. The summed E-state index contributed by atoms with van der Waals surface area (Å²) < 4.78 is 10.8. The quantitative estimate of drug-likeness (QED) is 0.699. The van der Waals surface area contributed by atoms with Crippen LogP contribution in [0.3, 0.4) is 0 Å². The maximum absolute atomic E-state index is 11.6. The Morgan fingerprint density at radius 1 is 1.20 bits per heavy atom. The van der Waals surface area contributed by atoms with Crippen LogP contribution in [0.5, 0.6) is 5.75 Å². The first-order valence-electron chi connectivity index (χ1n) is 8.09. The minimum Gasteiger partial charge on any atom is -0.481 e. The van der Waals surface area contributed by atoms with Crippen molar-refractivity contribution in [3.8, 4) is 5.75 Å². The molecule has 0 unspecified atom stereocenters. The normalized spacial score (nSPS) is 14.0. The predicted molar refractivity (Wildman–Crippen MR) is 94.3 cm³/mol. The van der Waals surface area contributed by atoms with Gasteiger partial charge in [-0.3, -0.25) is 10.1 Å². The maximum Gasteiger partial charge on any atom is 0.344 e. The van der Waals surface area contributed by atoms with E-state index in [2.05, 4.69) is 26.6 Å². The summed E-state index contributed by atoms with van der Waals surface area (Å²) >= 11 is 3.34. The number of amides is 3. The van der Waals surface area contributed by atoms with E-state index in [9.17, 15) is 14.4 Å². The smallest absolute Gasteiger partial charge is 0.344 e. The molecule has 0 bridgehead atoms. The molecule has 1 aliphatic carbocycles. The van der Waals surface area contributed by atoms with Crippen molar-refractivity contribution in [2.24, 2.45) is 0 Å². The molecule has 3 amide bonds. The summed E-state index contributed by atoms with van der Waals surface area (Å²) in [5.74, 6) is -0.873. The van der Waals surface area contributed by atoms with Crippen molar-refractivity contribution in [1.82, 2.24) is 10.6 Å². The third-order valence-electron chi connectivity index (χ3n) is 3.74. The van der Waals surface area contributed by atoms with Crippen LogP contribution in [0.25, 0.3) is 0 Å². The summed E-state index contributed by atoms with van der Waals surface area (Å²) in [6, 6.07) is 4.98. The molecular formula is C17H21BrN2O5. The highest BCUT2D eigenvalue weighted by atomic mass is 79.9. The Morgan fingerprint density at radius 3 is 2.60 bits per heavy atom. The molecular weight excluding hydrogens is 392 g/mol. The highest BCUT2D eigenvalue weighted by Crippen LogP contribution is 2.25. The van der Waals surface area contributed by atoms with Crippen LogP contribution >= 0.6 is 15.9 Å². The van der Waals surface area contributed by atoms with Crippen LogP contribution in [-0.2, 0) is 14.3 Å². The van der Waals surface area contributed by atoms with E-state index in [1.807, 2.05) is 19.1 Å². The Morgan fingerprint density at radius 2 is 1.92 bits per heavy atom. The van der Waals surface area contributed by atoms with Gasteiger partial charge in [-0.05, 0) is 53.4 Å². The monoisotopic (exact) mass is 412 g/mol. The van der Waals surface area contributed by atoms with Crippen LogP contribution in [0, 0.1) is 6.92 Å². The number of ether oxygens (including phenoxy) is 2. The zero-order valence-electron chi connectivity index (χ0n) is 14.0. The lowest BCUT2D eigenvalue weighted by atomic mass is 10.2. The van der Waals surface area contributed by atoms with Crippen molar-refractivity contribution < 1.29 is 23.9 Å². The zero-order valence-corrected chi connectivity index (χ0v) is 15.6. The molecule has 8 heteroatoms. The van der Waals surface area contributed by atoms with Gasteiger partial charge in [0.25, 0.3) is 5.91 Å². The molecule has 25 heavy (non-hydrogen) atoms. The van der Waals surface area contributed by atoms with Crippen molar-refractivity contribution in [2.75, 3.05) is 13.2 Å². The first-order chi connectivity index (χ1) is 11.9. The molecule has 0 atom stereocenters. The molecule has 1 saturated carbocycles. The Bertz CT molecular complexity index is 644. The third kappa shape index (κ3) is 6.74. The van der Waals surface area contributed by atoms with Gasteiger partial charge in [-0.25, -0.2) is 9.59 Å². The molecule has 0 saturated heterocycles. The Hall–Kier alpha value is -2.09. The van der Waals surface area contributed by atoms with E-state index < -0.39 is 24.5 Å². The van der Waals surface area contributed by atoms with Gasteiger partial charge in [-0.15, -0.1) is 0 Å². The lowest BCUT2D eigenvalue weighted by molar-refractivity contribution is -0.150. The van der Waals surface area contributed by atoms with Gasteiger partial charge in [0.05, 0.1) is 4.47 Å². The second-order valence-electron chi connectivity index (χ2n) is 5.89. The third-order valence-corrected chi connectivity index (χ3v) is 4.36. The lowest BCUT2D eigenvalue weighted by Crippen LogP contribution is -2.45. The van der Waals surface area contributed by atoms with Gasteiger partial charge in [-0.1, -0.05) is 18.9 Å². The van der Waals surface area contributed by atoms with Crippen molar-refractivity contribution in [2.45, 2.75) is 38.6 Å². The molecule has 1 fully saturated rings. The van der Waals surface area contributed by atoms with Crippen molar-refractivity contribution in [3.05, 3.63) is 28.2 Å². The summed E-state index contributed by atoms with van der Waals surface area (Å²) in [6.45, 7) is 1.07. The van der Waals surface area contributed by atoms with E-state index in [0.717, 1.165) is 35.7 Å². The first-order valence-corrected chi connectivity index (χ1v) is 8.88. The largest absolute Gasteiger partial charge is 0.481 e. The number of urea groups is 1. The van der Waals surface area contributed by atoms with Crippen LogP contribution in [0.15, 0.2) is 22.7 Å². The van der Waals surface area contributed by atoms with E-state index in [-0.39, 0.29) is 12.6 Å². The highest BCUT2D eigenvalue weighted by Gasteiger charge is 2.18. The molecule has 0 heterocycles. The molecule has 2 N–H and O–H groups in total. The molecule has 136 valence electrons. The molecule has 7 nitrogen and oxygen atoms in total. The standard InChI is InChI=1S/C17H21BrN2O5/c1-11-6-7-14(13(18)8-11)24-10-16(22)25-9-15(21)20-17(23)19-12-4-2-3-5-12/h6-8,12H,2-5,9-10H2,1H3,(H2,19,20,21,23). The zero-order chi connectivity index (χ0) is 18.2. The minimum atomic E-state index is -0.696. The van der Waals surface area contributed by atoms with E-state index >= 15 is 0 Å². The average Bonchev–Trinajstić information content (AvgIpc) is 3.04. The summed E-state index contributed by atoms with van der Waals surface area (Å²) in [5, 5.41) is 4.85. The number of hydrogen-bond donors (Lipinski definition) is 2. The van der Waals surface area contributed by atoms with E-state index in [1.165, 1.54) is 0 Å². The van der Waals surface area contributed by atoms with Gasteiger partial charge in [-0.2, -0.15) is 0 Å². The van der Waals surface area contributed by atoms with E-state index in [4.69, 9.17) is 9.47 Å². The fourth-order valence-corrected chi connectivity index (χ4v) is 3.11. The average molecular weight is 413 g/mol. The number of imide groups is 1. The number of halogens is 1. The number of nitrogens with one attached hydrogen (secondary N) is 2. The lowest BCUT2D eigenvalue weighted by Gasteiger charge is -2.12. The van der Waals surface area contributed by atoms with Gasteiger partial charge in [0.1, 0.15) is 5.75 Å². The number of carbonyl (C=O) groups excluding carboxylic acids is 3. The molecule has 0 aromatic heterocycles. The highest BCUT2D eigenvalue weighted by molar-refractivity contribution is 9.10. The molecule has 0 aliphatic heterocycles. The van der Waals surface area contributed by atoms with Crippen molar-refractivity contribution in [3.63, 3.8) is 0 Å². The molecule has 1 aromatic carbocycles. The summed E-state index contributed by atoms with van der Waals surface area (Å²) in [6.07, 6.45) is 3.99. The van der Waals surface area contributed by atoms with Gasteiger partial charge < -0.3 is 14.8 Å². The second kappa shape index (κ2) is 9.41. The van der Waals surface area contributed by atoms with E-state index in [0.29, 0.717) is 5.75 Å². The molecule has 1 aliphatic rings. The summed E-state index contributed by atoms with van der Waals surface area (Å²) in [4.78, 5) is 34.8. The number of hydrogen-bond acceptors (Lipinski definition) is 5. The number of aryl methyl sites for hydroxylation is 1. The number of esters is 1. The summed E-state index contributed by atoms with van der Waals surface area (Å²) in [7, 11) is 0. The molecule has 1 aromatic rings. The minimum absolute atomic E-state index is 0.108. The van der Waals surface area contributed by atoms with Crippen LogP contribution < -0.4 is 15.4 Å². The molecule has 0 radical (unpaired) electrons. The molecule has 2 rings (SSSR count). The van der Waals surface area contributed by atoms with Crippen molar-refractivity contribution in [1.29, 1.82) is 0 Å². The maximum atomic E-state index is 11.6. The number of carbonyl (C=O) groups is 3. The number of rotatable bonds is 6. The van der Waals surface area contributed by atoms with Crippen LogP contribution in [-0.4, -0.2) is 37.2 Å². The molecule has 0 spiro atoms. The van der Waals surface area contributed by atoms with E-state index in [1.54, 1.807) is 6.07 Å². The topological polar surface area (TPSA) is 93.7 Å². The predicted octanol–water partition coefficient (Wildman–Crippen LogP) is 2.45. The van der Waals surface area contributed by atoms with Gasteiger partial charge in [0.2, 0.25) is 0 Å². The van der Waals surface area contributed by atoms with Crippen LogP contribution in [0.4, 0.5) is 4.79 Å². The number of benzene rings is 1. The SMILES string of the molecule is Cc1ccc(OCC(=O)OCC(=O)NC(=O)NC2CCCC2)c(Br)c1. The Kier molecular flexibility index (Phi) is 7.24. The van der Waals surface area contributed by atoms with Gasteiger partial charge in [0, 0.05) is 6.04 Å². The van der Waals surface area contributed by atoms with Gasteiger partial charge >= 0.3 is 12.0 Å². The van der Waals surface area contributed by atoms with Gasteiger partial charge in [0.15, 0.2) is 13.2 Å². The van der Waals surface area contributed by atoms with Crippen LogP contribution in [0.2, 0.25) is 0 Å². The van der Waals surface area contributed by atoms with Crippen molar-refractivity contribution >= 4 is 33.8 Å². The second-order valence-corrected chi connectivity index (χ2v) is 6.74. The fraction of sp³-hybridized carbons (Fsp3) is 0.471. The Labute approximate surface area is 154 Å².